The highest BCUT2D eigenvalue weighted by molar-refractivity contribution is 9.10. The Labute approximate surface area is 170 Å². The van der Waals surface area contributed by atoms with E-state index in [4.69, 9.17) is 16.3 Å². The summed E-state index contributed by atoms with van der Waals surface area (Å²) >= 11 is 9.44. The van der Waals surface area contributed by atoms with Gasteiger partial charge in [-0.1, -0.05) is 28.8 Å². The first kappa shape index (κ1) is 18.4. The number of nitrogens with zero attached hydrogens (tertiary/aromatic N) is 2. The number of fused-ring (bicyclic) bond motifs is 1. The van der Waals surface area contributed by atoms with Gasteiger partial charge in [-0.3, -0.25) is 9.69 Å². The number of hydrogen-bond acceptors (Lipinski definition) is 3. The summed E-state index contributed by atoms with van der Waals surface area (Å²) in [6.07, 6.45) is 3.49. The summed E-state index contributed by atoms with van der Waals surface area (Å²) in [7, 11) is 1.53. The fraction of sp³-hybridized carbons (Fsp3) is 0.300. The smallest absolute Gasteiger partial charge is 0.263 e. The molecule has 1 aromatic heterocycles. The van der Waals surface area contributed by atoms with Gasteiger partial charge in [0.25, 0.3) is 5.91 Å². The number of carbonyl (C=O) groups is 1. The fourth-order valence-corrected chi connectivity index (χ4v) is 4.21. The Morgan fingerprint density at radius 3 is 2.89 bits per heavy atom. The van der Waals surface area contributed by atoms with Crippen molar-refractivity contribution >= 4 is 39.3 Å². The summed E-state index contributed by atoms with van der Waals surface area (Å²) in [5.41, 5.74) is 2.77. The number of ether oxygens (including phenoxy) is 1. The first-order chi connectivity index (χ1) is 12.9. The van der Waals surface area contributed by atoms with E-state index in [9.17, 15) is 9.18 Å². The minimum absolute atomic E-state index is 0.0594. The van der Waals surface area contributed by atoms with Gasteiger partial charge < -0.3 is 4.74 Å². The standard InChI is InChI=1S/C20H17BrClFN2O2/c1-10-13-7-12(8-14(10)13)27-17-6-11(21)9-24-19(17)25(2)20(26)18-15(22)4-3-5-16(18)23/h3-6,9,12-13H,7-8H2,1-2H3/t12-,13-/m1/s1. The summed E-state index contributed by atoms with van der Waals surface area (Å²) in [5.74, 6) is 0.143. The second kappa shape index (κ2) is 6.91. The van der Waals surface area contributed by atoms with E-state index in [0.717, 1.165) is 17.3 Å². The Bertz CT molecular complexity index is 958. The summed E-state index contributed by atoms with van der Waals surface area (Å²) in [5, 5.41) is 0.0599. The zero-order valence-corrected chi connectivity index (χ0v) is 17.1. The zero-order valence-electron chi connectivity index (χ0n) is 14.8. The van der Waals surface area contributed by atoms with E-state index in [-0.39, 0.29) is 16.7 Å². The molecule has 1 fully saturated rings. The van der Waals surface area contributed by atoms with Gasteiger partial charge in [0, 0.05) is 30.1 Å². The molecular weight excluding hydrogens is 435 g/mol. The molecule has 0 radical (unpaired) electrons. The van der Waals surface area contributed by atoms with Crippen LogP contribution in [-0.4, -0.2) is 24.0 Å². The van der Waals surface area contributed by atoms with Crippen LogP contribution in [0.25, 0.3) is 0 Å². The molecule has 7 heteroatoms. The molecule has 2 atom stereocenters. The van der Waals surface area contributed by atoms with E-state index >= 15 is 0 Å². The largest absolute Gasteiger partial charge is 0.486 e. The molecule has 0 bridgehead atoms. The maximum atomic E-state index is 14.2. The number of rotatable bonds is 4. The van der Waals surface area contributed by atoms with Gasteiger partial charge in [-0.05, 0) is 47.5 Å². The quantitative estimate of drug-likeness (QED) is 0.585. The van der Waals surface area contributed by atoms with Crippen LogP contribution >= 0.6 is 27.5 Å². The van der Waals surface area contributed by atoms with Crippen LogP contribution in [0, 0.1) is 11.7 Å². The Morgan fingerprint density at radius 1 is 1.44 bits per heavy atom. The molecule has 2 aliphatic carbocycles. The summed E-state index contributed by atoms with van der Waals surface area (Å²) in [4.78, 5) is 18.4. The molecule has 0 unspecified atom stereocenters. The predicted octanol–water partition coefficient (Wildman–Crippen LogP) is 5.40. The average molecular weight is 452 g/mol. The molecule has 1 heterocycles. The van der Waals surface area contributed by atoms with Crippen molar-refractivity contribution in [2.45, 2.75) is 25.9 Å². The lowest BCUT2D eigenvalue weighted by atomic mass is 10.1. The van der Waals surface area contributed by atoms with Crippen LogP contribution in [-0.2, 0) is 0 Å². The van der Waals surface area contributed by atoms with E-state index in [0.29, 0.717) is 17.5 Å². The van der Waals surface area contributed by atoms with Gasteiger partial charge >= 0.3 is 0 Å². The van der Waals surface area contributed by atoms with Crippen molar-refractivity contribution in [3.63, 3.8) is 0 Å². The Balaban J connectivity index is 1.62. The molecule has 4 nitrogen and oxygen atoms in total. The van der Waals surface area contributed by atoms with Crippen molar-refractivity contribution < 1.29 is 13.9 Å². The summed E-state index contributed by atoms with van der Waals surface area (Å²) in [6.45, 7) is 2.16. The Morgan fingerprint density at radius 2 is 2.22 bits per heavy atom. The molecule has 1 aromatic carbocycles. The van der Waals surface area contributed by atoms with E-state index in [1.54, 1.807) is 12.3 Å². The lowest BCUT2D eigenvalue weighted by molar-refractivity contribution is 0.0986. The second-order valence-electron chi connectivity index (χ2n) is 6.88. The van der Waals surface area contributed by atoms with Gasteiger partial charge in [0.1, 0.15) is 11.9 Å². The molecule has 0 N–H and O–H groups in total. The van der Waals surface area contributed by atoms with Crippen LogP contribution in [0.1, 0.15) is 30.1 Å². The van der Waals surface area contributed by atoms with Crippen LogP contribution in [0.5, 0.6) is 5.75 Å². The summed E-state index contributed by atoms with van der Waals surface area (Å²) in [6, 6.07) is 5.93. The monoisotopic (exact) mass is 450 g/mol. The topological polar surface area (TPSA) is 42.4 Å². The summed E-state index contributed by atoms with van der Waals surface area (Å²) < 4.78 is 21.1. The fourth-order valence-electron chi connectivity index (χ4n) is 3.66. The average Bonchev–Trinajstić information content (AvgIpc) is 3.03. The van der Waals surface area contributed by atoms with Crippen molar-refractivity contribution in [1.29, 1.82) is 0 Å². The highest BCUT2D eigenvalue weighted by atomic mass is 79.9. The third-order valence-corrected chi connectivity index (χ3v) is 5.95. The third kappa shape index (κ3) is 3.36. The maximum Gasteiger partial charge on any atom is 0.263 e. The number of aromatic nitrogens is 1. The van der Waals surface area contributed by atoms with Gasteiger partial charge in [-0.2, -0.15) is 0 Å². The van der Waals surface area contributed by atoms with Crippen LogP contribution in [0.15, 0.2) is 46.1 Å². The first-order valence-electron chi connectivity index (χ1n) is 8.60. The zero-order chi connectivity index (χ0) is 19.3. The number of allylic oxidation sites excluding steroid dienone is 1. The van der Waals surface area contributed by atoms with Crippen LogP contribution < -0.4 is 9.64 Å². The molecule has 0 saturated heterocycles. The lowest BCUT2D eigenvalue weighted by Crippen LogP contribution is -2.29. The van der Waals surface area contributed by atoms with Crippen LogP contribution in [0.2, 0.25) is 5.02 Å². The molecule has 4 rings (SSSR count). The molecular formula is C20H17BrClFN2O2. The predicted molar refractivity (Wildman–Crippen MR) is 106 cm³/mol. The highest BCUT2D eigenvalue weighted by Gasteiger charge is 2.43. The number of hydrogen-bond donors (Lipinski definition) is 0. The number of halogens is 3. The van der Waals surface area contributed by atoms with Crippen molar-refractivity contribution in [2.75, 3.05) is 11.9 Å². The van der Waals surface area contributed by atoms with Gasteiger partial charge in [0.05, 0.1) is 10.6 Å². The van der Waals surface area contributed by atoms with E-state index < -0.39 is 11.7 Å². The number of pyridine rings is 1. The molecule has 27 heavy (non-hydrogen) atoms. The van der Waals surface area contributed by atoms with Gasteiger partial charge in [-0.15, -0.1) is 0 Å². The van der Waals surface area contributed by atoms with Gasteiger partial charge in [0.2, 0.25) is 0 Å². The normalized spacial score (nSPS) is 20.5. The number of carbonyl (C=O) groups excluding carboxylic acids is 1. The van der Waals surface area contributed by atoms with E-state index in [1.807, 2.05) is 0 Å². The molecule has 140 valence electrons. The van der Waals surface area contributed by atoms with Crippen molar-refractivity contribution in [3.05, 3.63) is 62.5 Å². The van der Waals surface area contributed by atoms with Crippen LogP contribution in [0.3, 0.4) is 0 Å². The second-order valence-corrected chi connectivity index (χ2v) is 8.20. The third-order valence-electron chi connectivity index (χ3n) is 5.20. The minimum atomic E-state index is -0.669. The first-order valence-corrected chi connectivity index (χ1v) is 9.77. The molecule has 1 amide bonds. The molecule has 2 aliphatic rings. The highest BCUT2D eigenvalue weighted by Crippen LogP contribution is 2.52. The lowest BCUT2D eigenvalue weighted by Gasteiger charge is -2.23. The Kier molecular flexibility index (Phi) is 4.72. The van der Waals surface area contributed by atoms with Crippen molar-refractivity contribution in [3.8, 4) is 5.75 Å². The number of benzene rings is 1. The van der Waals surface area contributed by atoms with Crippen LogP contribution in [0.4, 0.5) is 10.2 Å². The molecule has 0 aliphatic heterocycles. The number of amides is 1. The van der Waals surface area contributed by atoms with Gasteiger partial charge in [-0.25, -0.2) is 9.37 Å². The van der Waals surface area contributed by atoms with Gasteiger partial charge in [0.15, 0.2) is 11.6 Å². The molecule has 1 saturated carbocycles. The van der Waals surface area contributed by atoms with E-state index in [2.05, 4.69) is 27.8 Å². The SMILES string of the molecule is CC1=C2C[C@H](Oc3cc(Br)cnc3N(C)C(=O)c3c(F)cccc3Cl)C[C@H]12. The van der Waals surface area contributed by atoms with Crippen molar-refractivity contribution in [1.82, 2.24) is 4.98 Å². The molecule has 2 aromatic rings. The van der Waals surface area contributed by atoms with Crippen molar-refractivity contribution in [2.24, 2.45) is 5.92 Å². The molecule has 0 spiro atoms. The Hall–Kier alpha value is -1.92. The number of anilines is 1. The van der Waals surface area contributed by atoms with E-state index in [1.165, 1.54) is 41.3 Å². The maximum absolute atomic E-state index is 14.2. The minimum Gasteiger partial charge on any atom is -0.486 e.